The topological polar surface area (TPSA) is 49.4 Å². The summed E-state index contributed by atoms with van der Waals surface area (Å²) in [5.74, 6) is -1.08. The average molecular weight is 401 g/mol. The second-order valence-corrected chi connectivity index (χ2v) is 9.39. The van der Waals surface area contributed by atoms with E-state index in [9.17, 15) is 17.2 Å². The molecule has 3 rings (SSSR count). The van der Waals surface area contributed by atoms with Crippen molar-refractivity contribution in [3.8, 4) is 0 Å². The van der Waals surface area contributed by atoms with Crippen molar-refractivity contribution in [3.05, 3.63) is 52.2 Å². The third-order valence-corrected chi connectivity index (χ3v) is 7.19. The Morgan fingerprint density at radius 3 is 2.65 bits per heavy atom. The first-order valence-corrected chi connectivity index (χ1v) is 11.0. The second-order valence-electron chi connectivity index (χ2n) is 6.68. The Morgan fingerprint density at radius 1 is 1.27 bits per heavy atom. The zero-order chi connectivity index (χ0) is 18.7. The Morgan fingerprint density at radius 2 is 2.00 bits per heavy atom. The summed E-state index contributed by atoms with van der Waals surface area (Å²) < 4.78 is 54.7. The number of likely N-dealkylation sites (tertiary alicyclic amines) is 1. The van der Waals surface area contributed by atoms with Gasteiger partial charge in [-0.1, -0.05) is 13.0 Å². The first kappa shape index (κ1) is 19.4. The number of benzene rings is 1. The van der Waals surface area contributed by atoms with E-state index in [0.717, 1.165) is 42.9 Å². The Kier molecular flexibility index (Phi) is 6.06. The maximum atomic E-state index is 13.9. The normalized spacial score (nSPS) is 18.1. The second kappa shape index (κ2) is 8.12. The fourth-order valence-corrected chi connectivity index (χ4v) is 5.17. The highest BCUT2D eigenvalue weighted by molar-refractivity contribution is 7.89. The molecule has 0 saturated carbocycles. The molecular weight excluding hydrogens is 378 g/mol. The van der Waals surface area contributed by atoms with Crippen molar-refractivity contribution >= 4 is 21.4 Å². The molecule has 4 nitrogen and oxygen atoms in total. The molecule has 1 aliphatic heterocycles. The first-order valence-electron chi connectivity index (χ1n) is 8.59. The predicted molar refractivity (Wildman–Crippen MR) is 98.6 cm³/mol. The van der Waals surface area contributed by atoms with Crippen molar-refractivity contribution in [1.29, 1.82) is 0 Å². The molecule has 1 aromatic heterocycles. The van der Waals surface area contributed by atoms with E-state index in [1.807, 2.05) is 17.5 Å². The number of rotatable bonds is 6. The molecule has 1 unspecified atom stereocenters. The highest BCUT2D eigenvalue weighted by atomic mass is 32.2. The minimum atomic E-state index is -4.14. The van der Waals surface area contributed by atoms with Crippen molar-refractivity contribution in [2.75, 3.05) is 19.6 Å². The molecule has 2 aromatic rings. The van der Waals surface area contributed by atoms with Gasteiger partial charge in [-0.2, -0.15) is 0 Å². The SMILES string of the molecule is CC1CCN(C(CNS(=O)(=O)c2cc(F)ccc2F)c2cccs2)CC1. The van der Waals surface area contributed by atoms with E-state index < -0.39 is 26.6 Å². The van der Waals surface area contributed by atoms with Gasteiger partial charge >= 0.3 is 0 Å². The summed E-state index contributed by atoms with van der Waals surface area (Å²) in [5.41, 5.74) is 0. The molecule has 1 atom stereocenters. The summed E-state index contributed by atoms with van der Waals surface area (Å²) in [7, 11) is -4.14. The van der Waals surface area contributed by atoms with Crippen molar-refractivity contribution in [1.82, 2.24) is 9.62 Å². The van der Waals surface area contributed by atoms with E-state index in [2.05, 4.69) is 16.5 Å². The number of nitrogens with one attached hydrogen (secondary N) is 1. The van der Waals surface area contributed by atoms with Crippen molar-refractivity contribution < 1.29 is 17.2 Å². The largest absolute Gasteiger partial charge is 0.294 e. The Labute approximate surface area is 156 Å². The fourth-order valence-electron chi connectivity index (χ4n) is 3.18. The lowest BCUT2D eigenvalue weighted by Crippen LogP contribution is -2.41. The molecule has 0 amide bonds. The van der Waals surface area contributed by atoms with E-state index >= 15 is 0 Å². The quantitative estimate of drug-likeness (QED) is 0.803. The lowest BCUT2D eigenvalue weighted by molar-refractivity contribution is 0.141. The molecule has 0 aliphatic carbocycles. The molecule has 0 bridgehead atoms. The van der Waals surface area contributed by atoms with Gasteiger partial charge in [0.05, 0.1) is 6.04 Å². The maximum Gasteiger partial charge on any atom is 0.243 e. The number of nitrogens with zero attached hydrogens (tertiary/aromatic N) is 1. The first-order chi connectivity index (χ1) is 12.4. The monoisotopic (exact) mass is 400 g/mol. The van der Waals surface area contributed by atoms with Gasteiger partial charge in [0.25, 0.3) is 0 Å². The number of hydrogen-bond donors (Lipinski definition) is 1. The van der Waals surface area contributed by atoms with Crippen LogP contribution in [0.3, 0.4) is 0 Å². The maximum absolute atomic E-state index is 13.9. The molecule has 0 radical (unpaired) electrons. The van der Waals surface area contributed by atoms with Crippen LogP contribution in [0.4, 0.5) is 8.78 Å². The van der Waals surface area contributed by atoms with Crippen molar-refractivity contribution in [3.63, 3.8) is 0 Å². The van der Waals surface area contributed by atoms with Crippen LogP contribution in [0.2, 0.25) is 0 Å². The molecule has 1 aromatic carbocycles. The van der Waals surface area contributed by atoms with Crippen LogP contribution < -0.4 is 4.72 Å². The fraction of sp³-hybridized carbons (Fsp3) is 0.444. The molecule has 2 heterocycles. The van der Waals surface area contributed by atoms with Crippen molar-refractivity contribution in [2.24, 2.45) is 5.92 Å². The van der Waals surface area contributed by atoms with E-state index in [0.29, 0.717) is 12.0 Å². The summed E-state index contributed by atoms with van der Waals surface area (Å²) in [6, 6.07) is 6.23. The van der Waals surface area contributed by atoms with E-state index in [1.54, 1.807) is 11.3 Å². The van der Waals surface area contributed by atoms with Crippen molar-refractivity contribution in [2.45, 2.75) is 30.7 Å². The molecule has 8 heteroatoms. The number of sulfonamides is 1. The molecular formula is C18H22F2N2O2S2. The number of halogens is 2. The van der Waals surface area contributed by atoms with Gasteiger partial charge in [0, 0.05) is 11.4 Å². The minimum absolute atomic E-state index is 0.117. The standard InChI is InChI=1S/C18H22F2N2O2S2/c1-13-6-8-22(9-7-13)16(17-3-2-10-25-17)12-21-26(23,24)18-11-14(19)4-5-15(18)20/h2-5,10-11,13,16,21H,6-9,12H2,1H3. The zero-order valence-corrected chi connectivity index (χ0v) is 16.1. The molecule has 26 heavy (non-hydrogen) atoms. The smallest absolute Gasteiger partial charge is 0.243 e. The van der Waals surface area contributed by atoms with Crippen LogP contribution in [0.25, 0.3) is 0 Å². The average Bonchev–Trinajstić information content (AvgIpc) is 3.13. The third kappa shape index (κ3) is 4.49. The summed E-state index contributed by atoms with van der Waals surface area (Å²) in [5, 5.41) is 1.95. The van der Waals surface area contributed by atoms with Crippen LogP contribution >= 0.6 is 11.3 Å². The van der Waals surface area contributed by atoms with Gasteiger partial charge in [0.15, 0.2) is 0 Å². The molecule has 0 spiro atoms. The predicted octanol–water partition coefficient (Wildman–Crippen LogP) is 3.78. The van der Waals surface area contributed by atoms with Gasteiger partial charge in [0.2, 0.25) is 10.0 Å². The Balaban J connectivity index is 1.78. The van der Waals surface area contributed by atoms with Crippen LogP contribution in [0.1, 0.15) is 30.7 Å². The molecule has 142 valence electrons. The zero-order valence-electron chi connectivity index (χ0n) is 14.5. The van der Waals surface area contributed by atoms with Gasteiger partial charge in [0.1, 0.15) is 16.5 Å². The van der Waals surface area contributed by atoms with Gasteiger partial charge in [-0.3, -0.25) is 4.90 Å². The van der Waals surface area contributed by atoms with Crippen LogP contribution in [0, 0.1) is 17.6 Å². The number of piperidine rings is 1. The molecule has 1 fully saturated rings. The number of thiophene rings is 1. The van der Waals surface area contributed by atoms with Crippen LogP contribution in [0.15, 0.2) is 40.6 Å². The van der Waals surface area contributed by atoms with Crippen LogP contribution in [0.5, 0.6) is 0 Å². The highest BCUT2D eigenvalue weighted by Crippen LogP contribution is 2.29. The van der Waals surface area contributed by atoms with Gasteiger partial charge in [-0.25, -0.2) is 21.9 Å². The Hall–Kier alpha value is -1.35. The molecule has 1 saturated heterocycles. The Bertz CT molecular complexity index is 833. The summed E-state index contributed by atoms with van der Waals surface area (Å²) in [6.07, 6.45) is 2.13. The van der Waals surface area contributed by atoms with E-state index in [4.69, 9.17) is 0 Å². The summed E-state index contributed by atoms with van der Waals surface area (Å²) in [6.45, 7) is 4.11. The third-order valence-electron chi connectivity index (χ3n) is 4.78. The van der Waals surface area contributed by atoms with Crippen LogP contribution in [-0.2, 0) is 10.0 Å². The van der Waals surface area contributed by atoms with Gasteiger partial charge in [-0.15, -0.1) is 11.3 Å². The van der Waals surface area contributed by atoms with Crippen LogP contribution in [-0.4, -0.2) is 33.0 Å². The molecule has 1 aliphatic rings. The van der Waals surface area contributed by atoms with Gasteiger partial charge < -0.3 is 0 Å². The van der Waals surface area contributed by atoms with E-state index in [1.165, 1.54) is 0 Å². The summed E-state index contributed by atoms with van der Waals surface area (Å²) in [4.78, 5) is 2.66. The number of hydrogen-bond acceptors (Lipinski definition) is 4. The highest BCUT2D eigenvalue weighted by Gasteiger charge is 2.28. The minimum Gasteiger partial charge on any atom is -0.294 e. The molecule has 1 N–H and O–H groups in total. The lowest BCUT2D eigenvalue weighted by atomic mass is 9.97. The summed E-state index contributed by atoms with van der Waals surface area (Å²) >= 11 is 1.57. The van der Waals surface area contributed by atoms with E-state index in [-0.39, 0.29) is 12.6 Å². The van der Waals surface area contributed by atoms with Gasteiger partial charge in [-0.05, 0) is 61.5 Å². The lowest BCUT2D eigenvalue weighted by Gasteiger charge is -2.36.